The number of aromatic nitrogens is 3. The molecule has 1 atom stereocenters. The molecule has 2 aromatic heterocycles. The van der Waals surface area contributed by atoms with Gasteiger partial charge < -0.3 is 9.64 Å². The Balaban J connectivity index is 0.000000308. The minimum absolute atomic E-state index is 0.104. The zero-order valence-corrected chi connectivity index (χ0v) is 20.1. The first-order chi connectivity index (χ1) is 16.8. The molecule has 4 heterocycles. The number of thiazole rings is 1. The average molecular weight is 524 g/mol. The van der Waals surface area contributed by atoms with Crippen molar-refractivity contribution in [1.29, 1.82) is 0 Å². The van der Waals surface area contributed by atoms with E-state index in [2.05, 4.69) is 20.0 Å². The molecule has 2 aliphatic heterocycles. The highest BCUT2D eigenvalue weighted by Crippen LogP contribution is 2.38. The van der Waals surface area contributed by atoms with Crippen molar-refractivity contribution in [2.75, 3.05) is 19.7 Å². The number of carbonyl (C=O) groups is 1. The van der Waals surface area contributed by atoms with Gasteiger partial charge in [0.1, 0.15) is 5.82 Å². The molecule has 7 nitrogen and oxygen atoms in total. The SMILES string of the molecule is CC(=O)OCC1CC2=C(c3cnn(C(F)F)c3)CN=C(c3nccs3)N2C1.Fc1cccc(Cl)c1. The first kappa shape index (κ1) is 24.9. The van der Waals surface area contributed by atoms with Gasteiger partial charge in [-0.3, -0.25) is 9.79 Å². The maximum absolute atomic E-state index is 12.9. The van der Waals surface area contributed by atoms with E-state index in [0.717, 1.165) is 22.1 Å². The summed E-state index contributed by atoms with van der Waals surface area (Å²) in [5.41, 5.74) is 2.50. The molecule has 1 saturated heterocycles. The topological polar surface area (TPSA) is 72.6 Å². The van der Waals surface area contributed by atoms with Gasteiger partial charge in [-0.05, 0) is 24.6 Å². The summed E-state index contributed by atoms with van der Waals surface area (Å²) in [5.74, 6) is 0.265. The second-order valence-corrected chi connectivity index (χ2v) is 9.14. The molecule has 0 aliphatic carbocycles. The van der Waals surface area contributed by atoms with Crippen LogP contribution in [0, 0.1) is 11.7 Å². The van der Waals surface area contributed by atoms with Crippen LogP contribution in [0.25, 0.3) is 5.57 Å². The minimum atomic E-state index is -2.68. The molecule has 1 fully saturated rings. The Kier molecular flexibility index (Phi) is 7.86. The fraction of sp³-hybridized carbons (Fsp3) is 0.304. The van der Waals surface area contributed by atoms with Crippen LogP contribution in [0.3, 0.4) is 0 Å². The first-order valence-electron chi connectivity index (χ1n) is 10.6. The molecule has 0 bridgehead atoms. The Morgan fingerprint density at radius 2 is 2.20 bits per heavy atom. The first-order valence-corrected chi connectivity index (χ1v) is 11.9. The van der Waals surface area contributed by atoms with Gasteiger partial charge in [0.2, 0.25) is 0 Å². The van der Waals surface area contributed by atoms with Crippen molar-refractivity contribution in [1.82, 2.24) is 19.7 Å². The van der Waals surface area contributed by atoms with Crippen LogP contribution in [0.4, 0.5) is 13.2 Å². The Morgan fingerprint density at radius 3 is 2.80 bits per heavy atom. The molecule has 0 saturated carbocycles. The molecule has 1 unspecified atom stereocenters. The van der Waals surface area contributed by atoms with Crippen molar-refractivity contribution < 1.29 is 22.7 Å². The fourth-order valence-electron chi connectivity index (χ4n) is 3.83. The summed E-state index contributed by atoms with van der Waals surface area (Å²) in [6.45, 7) is 0.0144. The number of hydrogen-bond donors (Lipinski definition) is 0. The Morgan fingerprint density at radius 1 is 1.37 bits per heavy atom. The van der Waals surface area contributed by atoms with E-state index in [0.29, 0.717) is 41.4 Å². The minimum Gasteiger partial charge on any atom is -0.465 e. The van der Waals surface area contributed by atoms with Gasteiger partial charge >= 0.3 is 12.5 Å². The molecule has 12 heteroatoms. The lowest BCUT2D eigenvalue weighted by atomic mass is 10.0. The van der Waals surface area contributed by atoms with Crippen LogP contribution < -0.4 is 0 Å². The predicted molar refractivity (Wildman–Crippen MR) is 127 cm³/mol. The number of nitrogens with zero attached hydrogens (tertiary/aromatic N) is 5. The van der Waals surface area contributed by atoms with E-state index >= 15 is 0 Å². The van der Waals surface area contributed by atoms with Gasteiger partial charge in [-0.1, -0.05) is 17.7 Å². The van der Waals surface area contributed by atoms with E-state index in [4.69, 9.17) is 16.3 Å². The zero-order valence-electron chi connectivity index (χ0n) is 18.6. The third-order valence-corrected chi connectivity index (χ3v) is 6.33. The number of amidine groups is 1. The van der Waals surface area contributed by atoms with Crippen LogP contribution in [0.5, 0.6) is 0 Å². The number of benzene rings is 1. The van der Waals surface area contributed by atoms with Crippen molar-refractivity contribution in [3.63, 3.8) is 0 Å². The van der Waals surface area contributed by atoms with E-state index < -0.39 is 6.55 Å². The smallest absolute Gasteiger partial charge is 0.333 e. The van der Waals surface area contributed by atoms with Crippen LogP contribution in [-0.2, 0) is 9.53 Å². The van der Waals surface area contributed by atoms with Gasteiger partial charge in [0.05, 0.1) is 19.3 Å². The van der Waals surface area contributed by atoms with E-state index in [1.54, 1.807) is 18.3 Å². The quantitative estimate of drug-likeness (QED) is 0.426. The van der Waals surface area contributed by atoms with Crippen LogP contribution in [-0.4, -0.2) is 51.2 Å². The molecule has 5 rings (SSSR count). The molecule has 1 aromatic carbocycles. The maximum Gasteiger partial charge on any atom is 0.333 e. The van der Waals surface area contributed by atoms with Gasteiger partial charge in [-0.2, -0.15) is 13.9 Å². The number of fused-ring (bicyclic) bond motifs is 1. The number of halogens is 4. The highest BCUT2D eigenvalue weighted by Gasteiger charge is 2.36. The van der Waals surface area contributed by atoms with Crippen LogP contribution in [0.2, 0.25) is 5.02 Å². The lowest BCUT2D eigenvalue weighted by Crippen LogP contribution is -2.32. The number of allylic oxidation sites excluding steroid dienone is 1. The molecular weight excluding hydrogens is 503 g/mol. The number of rotatable bonds is 5. The summed E-state index contributed by atoms with van der Waals surface area (Å²) in [7, 11) is 0. The van der Waals surface area contributed by atoms with Crippen molar-refractivity contribution in [3.8, 4) is 0 Å². The molecule has 0 spiro atoms. The lowest BCUT2D eigenvalue weighted by molar-refractivity contribution is -0.142. The molecular formula is C23H21ClF3N5O2S. The second kappa shape index (κ2) is 11.0. The molecule has 0 radical (unpaired) electrons. The van der Waals surface area contributed by atoms with Gasteiger partial charge in [0.15, 0.2) is 10.8 Å². The van der Waals surface area contributed by atoms with Gasteiger partial charge in [0.25, 0.3) is 0 Å². The number of aliphatic imine (C=N–C) groups is 1. The second-order valence-electron chi connectivity index (χ2n) is 7.81. The normalized spacial score (nSPS) is 17.1. The van der Waals surface area contributed by atoms with E-state index in [9.17, 15) is 18.0 Å². The predicted octanol–water partition coefficient (Wildman–Crippen LogP) is 5.27. The molecule has 184 valence electrons. The van der Waals surface area contributed by atoms with Crippen molar-refractivity contribution >= 4 is 40.3 Å². The monoisotopic (exact) mass is 523 g/mol. The van der Waals surface area contributed by atoms with Gasteiger partial charge in [0, 0.05) is 59.0 Å². The Labute approximate surface area is 208 Å². The van der Waals surface area contributed by atoms with Crippen LogP contribution in [0.15, 0.2) is 58.9 Å². The van der Waals surface area contributed by atoms with Gasteiger partial charge in [-0.25, -0.2) is 14.1 Å². The fourth-order valence-corrected chi connectivity index (χ4v) is 4.66. The number of esters is 1. The van der Waals surface area contributed by atoms with Crippen molar-refractivity contribution in [2.24, 2.45) is 10.9 Å². The van der Waals surface area contributed by atoms with Crippen molar-refractivity contribution in [3.05, 3.63) is 75.3 Å². The summed E-state index contributed by atoms with van der Waals surface area (Å²) in [6, 6.07) is 5.82. The zero-order chi connectivity index (χ0) is 24.9. The maximum atomic E-state index is 12.9. The Bertz CT molecular complexity index is 1230. The average Bonchev–Trinajstić information content (AvgIpc) is 3.58. The molecule has 3 aromatic rings. The van der Waals surface area contributed by atoms with Crippen molar-refractivity contribution in [2.45, 2.75) is 19.9 Å². The van der Waals surface area contributed by atoms with Crippen LogP contribution in [0.1, 0.15) is 30.5 Å². The van der Waals surface area contributed by atoms with Crippen LogP contribution >= 0.6 is 22.9 Å². The summed E-state index contributed by atoms with van der Waals surface area (Å²) >= 11 is 6.90. The van der Waals surface area contributed by atoms with E-state index in [1.165, 1.54) is 42.8 Å². The number of carbonyl (C=O) groups excluding carboxylic acids is 1. The molecule has 0 amide bonds. The molecule has 0 N–H and O–H groups in total. The summed E-state index contributed by atoms with van der Waals surface area (Å²) in [6.07, 6.45) is 5.18. The standard InChI is InChI=1S/C17H17F2N5O2S.C6H4ClF/c1-10(25)26-9-11-4-14-13(12-5-22-24(8-12)17(18)19)6-21-15(23(14)7-11)16-20-2-3-27-16;7-5-2-1-3-6(8)4-5/h2-3,5,8,11,17H,4,6-7,9H2,1H3;1-4H. The number of hydrogen-bond acceptors (Lipinski definition) is 7. The lowest BCUT2D eigenvalue weighted by Gasteiger charge is -2.27. The number of alkyl halides is 2. The molecule has 2 aliphatic rings. The highest BCUT2D eigenvalue weighted by molar-refractivity contribution is 7.11. The third-order valence-electron chi connectivity index (χ3n) is 5.32. The Hall–Kier alpha value is -3.18. The number of ether oxygens (including phenoxy) is 1. The summed E-state index contributed by atoms with van der Waals surface area (Å²) in [4.78, 5) is 22.2. The van der Waals surface area contributed by atoms with E-state index in [-0.39, 0.29) is 17.7 Å². The van der Waals surface area contributed by atoms with E-state index in [1.807, 2.05) is 5.38 Å². The molecule has 35 heavy (non-hydrogen) atoms. The largest absolute Gasteiger partial charge is 0.465 e. The van der Waals surface area contributed by atoms with Gasteiger partial charge in [-0.15, -0.1) is 11.3 Å². The highest BCUT2D eigenvalue weighted by atomic mass is 35.5. The third kappa shape index (κ3) is 6.09. The summed E-state index contributed by atoms with van der Waals surface area (Å²) in [5, 5.41) is 6.87. The summed E-state index contributed by atoms with van der Waals surface area (Å²) < 4.78 is 43.7.